The van der Waals surface area contributed by atoms with E-state index in [0.29, 0.717) is 11.8 Å². The van der Waals surface area contributed by atoms with Crippen LogP contribution in [0.4, 0.5) is 0 Å². The van der Waals surface area contributed by atoms with Crippen LogP contribution in [0.1, 0.15) is 17.9 Å². The lowest BCUT2D eigenvalue weighted by atomic mass is 10.1. The Morgan fingerprint density at radius 1 is 1.27 bits per heavy atom. The van der Waals surface area contributed by atoms with Gasteiger partial charge in [-0.15, -0.1) is 0 Å². The van der Waals surface area contributed by atoms with E-state index in [0.717, 1.165) is 12.7 Å². The summed E-state index contributed by atoms with van der Waals surface area (Å²) in [7, 11) is 0. The van der Waals surface area contributed by atoms with E-state index in [-0.39, 0.29) is 0 Å². The van der Waals surface area contributed by atoms with Gasteiger partial charge in [-0.1, -0.05) is 30.3 Å². The van der Waals surface area contributed by atoms with Crippen molar-refractivity contribution in [2.24, 2.45) is 5.92 Å². The van der Waals surface area contributed by atoms with Gasteiger partial charge in [0.05, 0.1) is 0 Å². The van der Waals surface area contributed by atoms with Crippen LogP contribution >= 0.6 is 0 Å². The van der Waals surface area contributed by atoms with Crippen LogP contribution in [-0.4, -0.2) is 6.29 Å². The molecule has 0 bridgehead atoms. The third-order valence-electron chi connectivity index (χ3n) is 2.24. The van der Waals surface area contributed by atoms with Gasteiger partial charge in [-0.2, -0.15) is 0 Å². The van der Waals surface area contributed by atoms with Crippen molar-refractivity contribution in [2.75, 3.05) is 0 Å². The Morgan fingerprint density at radius 2 is 2.00 bits per heavy atom. The van der Waals surface area contributed by atoms with E-state index in [1.54, 1.807) is 0 Å². The number of benzene rings is 1. The predicted molar refractivity (Wildman–Crippen MR) is 43.4 cm³/mol. The summed E-state index contributed by atoms with van der Waals surface area (Å²) in [6.45, 7) is 0. The fourth-order valence-corrected chi connectivity index (χ4v) is 1.45. The summed E-state index contributed by atoms with van der Waals surface area (Å²) in [4.78, 5) is 10.4. The van der Waals surface area contributed by atoms with Crippen LogP contribution in [0.25, 0.3) is 0 Å². The zero-order valence-corrected chi connectivity index (χ0v) is 6.23. The Balaban J connectivity index is 2.14. The molecule has 0 saturated heterocycles. The van der Waals surface area contributed by atoms with Gasteiger partial charge in [-0.05, 0) is 17.9 Å². The van der Waals surface area contributed by atoms with E-state index < -0.39 is 0 Å². The molecule has 1 aromatic carbocycles. The zero-order valence-electron chi connectivity index (χ0n) is 6.23. The highest BCUT2D eigenvalue weighted by atomic mass is 16.1. The van der Waals surface area contributed by atoms with Crippen molar-refractivity contribution in [1.82, 2.24) is 0 Å². The minimum absolute atomic E-state index is 0.303. The monoisotopic (exact) mass is 146 g/mol. The molecule has 1 unspecified atom stereocenters. The number of carbonyl (C=O) groups excluding carboxylic acids is 1. The first-order chi connectivity index (χ1) is 5.42. The molecule has 1 heteroatoms. The van der Waals surface area contributed by atoms with Crippen molar-refractivity contribution < 1.29 is 4.79 Å². The third kappa shape index (κ3) is 1.18. The predicted octanol–water partition coefficient (Wildman–Crippen LogP) is 1.99. The molecule has 1 aliphatic carbocycles. The van der Waals surface area contributed by atoms with E-state index in [4.69, 9.17) is 0 Å². The number of aldehydes is 1. The average molecular weight is 146 g/mol. The lowest BCUT2D eigenvalue weighted by Gasteiger charge is -1.94. The minimum atomic E-state index is 0.303. The van der Waals surface area contributed by atoms with Gasteiger partial charge in [0, 0.05) is 5.92 Å². The Kier molecular flexibility index (Phi) is 1.50. The molecule has 0 amide bonds. The molecule has 1 saturated carbocycles. The Labute approximate surface area is 66.0 Å². The van der Waals surface area contributed by atoms with Crippen LogP contribution in [0, 0.1) is 5.92 Å². The van der Waals surface area contributed by atoms with Crippen LogP contribution in [0.2, 0.25) is 0 Å². The number of rotatable bonds is 2. The van der Waals surface area contributed by atoms with Gasteiger partial charge in [-0.3, -0.25) is 0 Å². The quantitative estimate of drug-likeness (QED) is 0.583. The molecule has 1 aromatic rings. The van der Waals surface area contributed by atoms with Crippen LogP contribution < -0.4 is 0 Å². The molecular weight excluding hydrogens is 136 g/mol. The van der Waals surface area contributed by atoms with Gasteiger partial charge in [0.25, 0.3) is 0 Å². The summed E-state index contributed by atoms with van der Waals surface area (Å²) in [5.74, 6) is 0.825. The lowest BCUT2D eigenvalue weighted by Crippen LogP contribution is -1.82. The smallest absolute Gasteiger partial charge is 0.123 e. The van der Waals surface area contributed by atoms with Gasteiger partial charge >= 0.3 is 0 Å². The van der Waals surface area contributed by atoms with Crippen LogP contribution in [-0.2, 0) is 4.79 Å². The first-order valence-electron chi connectivity index (χ1n) is 3.92. The summed E-state index contributed by atoms with van der Waals surface area (Å²) >= 11 is 0. The van der Waals surface area contributed by atoms with Gasteiger partial charge in [0.15, 0.2) is 0 Å². The second kappa shape index (κ2) is 2.50. The normalized spacial score (nSPS) is 28.0. The van der Waals surface area contributed by atoms with Crippen LogP contribution in [0.5, 0.6) is 0 Å². The van der Waals surface area contributed by atoms with E-state index in [9.17, 15) is 4.79 Å². The average Bonchev–Trinajstić information content (AvgIpc) is 2.85. The van der Waals surface area contributed by atoms with Crippen molar-refractivity contribution in [3.63, 3.8) is 0 Å². The standard InChI is InChI=1S/C10H10O/c11-7-9-6-10(9)8-4-2-1-3-5-8/h1-5,7,9-10H,6H2/t9-,10?/m1/s1. The molecule has 0 heterocycles. The highest BCUT2D eigenvalue weighted by Gasteiger charge is 2.37. The van der Waals surface area contributed by atoms with E-state index >= 15 is 0 Å². The molecule has 1 aliphatic rings. The summed E-state index contributed by atoms with van der Waals surface area (Å²) < 4.78 is 0. The summed E-state index contributed by atoms with van der Waals surface area (Å²) in [5, 5.41) is 0. The first-order valence-corrected chi connectivity index (χ1v) is 3.92. The second-order valence-corrected chi connectivity index (χ2v) is 3.05. The maximum Gasteiger partial charge on any atom is 0.123 e. The van der Waals surface area contributed by atoms with Gasteiger partial charge in [0.2, 0.25) is 0 Å². The molecule has 0 N–H and O–H groups in total. The largest absolute Gasteiger partial charge is 0.303 e. The van der Waals surface area contributed by atoms with E-state index in [1.807, 2.05) is 18.2 Å². The summed E-state index contributed by atoms with van der Waals surface area (Å²) in [5.41, 5.74) is 1.31. The molecule has 2 atom stereocenters. The highest BCUT2D eigenvalue weighted by molar-refractivity contribution is 5.61. The van der Waals surface area contributed by atoms with Crippen LogP contribution in [0.3, 0.4) is 0 Å². The fraction of sp³-hybridized carbons (Fsp3) is 0.300. The lowest BCUT2D eigenvalue weighted by molar-refractivity contribution is -0.108. The van der Waals surface area contributed by atoms with Crippen molar-refractivity contribution >= 4 is 6.29 Å². The molecule has 0 aromatic heterocycles. The Morgan fingerprint density at radius 3 is 2.55 bits per heavy atom. The molecule has 0 spiro atoms. The third-order valence-corrected chi connectivity index (χ3v) is 2.24. The molecule has 1 nitrogen and oxygen atoms in total. The van der Waals surface area contributed by atoms with Crippen molar-refractivity contribution in [2.45, 2.75) is 12.3 Å². The molecule has 56 valence electrons. The Bertz CT molecular complexity index is 253. The van der Waals surface area contributed by atoms with Gasteiger partial charge in [-0.25, -0.2) is 0 Å². The van der Waals surface area contributed by atoms with Crippen molar-refractivity contribution in [1.29, 1.82) is 0 Å². The number of hydrogen-bond donors (Lipinski definition) is 0. The Hall–Kier alpha value is -1.11. The molecular formula is C10H10O. The van der Waals surface area contributed by atoms with E-state index in [1.165, 1.54) is 5.56 Å². The van der Waals surface area contributed by atoms with Gasteiger partial charge < -0.3 is 4.79 Å². The number of carbonyl (C=O) groups is 1. The number of hydrogen-bond acceptors (Lipinski definition) is 1. The summed E-state index contributed by atoms with van der Waals surface area (Å²) in [6, 6.07) is 10.2. The van der Waals surface area contributed by atoms with Crippen molar-refractivity contribution in [3.8, 4) is 0 Å². The first kappa shape index (κ1) is 6.59. The summed E-state index contributed by atoms with van der Waals surface area (Å²) in [6.07, 6.45) is 2.12. The molecule has 0 aliphatic heterocycles. The maximum absolute atomic E-state index is 10.4. The van der Waals surface area contributed by atoms with Crippen molar-refractivity contribution in [3.05, 3.63) is 35.9 Å². The zero-order chi connectivity index (χ0) is 7.68. The minimum Gasteiger partial charge on any atom is -0.303 e. The van der Waals surface area contributed by atoms with Crippen LogP contribution in [0.15, 0.2) is 30.3 Å². The second-order valence-electron chi connectivity index (χ2n) is 3.05. The molecule has 11 heavy (non-hydrogen) atoms. The molecule has 1 fully saturated rings. The molecule has 0 radical (unpaired) electrons. The topological polar surface area (TPSA) is 17.1 Å². The van der Waals surface area contributed by atoms with Gasteiger partial charge in [0.1, 0.15) is 6.29 Å². The highest BCUT2D eigenvalue weighted by Crippen LogP contribution is 2.45. The molecule has 2 rings (SSSR count). The fourth-order valence-electron chi connectivity index (χ4n) is 1.45. The SMILES string of the molecule is O=C[C@H]1CC1c1ccccc1. The maximum atomic E-state index is 10.4. The van der Waals surface area contributed by atoms with E-state index in [2.05, 4.69) is 12.1 Å².